The molecule has 0 aliphatic carbocycles. The van der Waals surface area contributed by atoms with E-state index in [1.54, 1.807) is 24.0 Å². The van der Waals surface area contributed by atoms with E-state index >= 15 is 0 Å². The minimum Gasteiger partial charge on any atom is -0.454 e. The highest BCUT2D eigenvalue weighted by Gasteiger charge is 2.44. The van der Waals surface area contributed by atoms with Gasteiger partial charge in [0.25, 0.3) is 5.91 Å². The fourth-order valence-electron chi connectivity index (χ4n) is 3.77. The molecule has 2 unspecified atom stereocenters. The Morgan fingerprint density at radius 1 is 1.12 bits per heavy atom. The smallest absolute Gasteiger partial charge is 0.325 e. The first-order valence-corrected chi connectivity index (χ1v) is 12.3. The van der Waals surface area contributed by atoms with Crippen LogP contribution in [0.3, 0.4) is 0 Å². The zero-order chi connectivity index (χ0) is 24.2. The van der Waals surface area contributed by atoms with Gasteiger partial charge in [0.15, 0.2) is 6.61 Å². The summed E-state index contributed by atoms with van der Waals surface area (Å²) >= 11 is 0. The number of sulfonamides is 1. The van der Waals surface area contributed by atoms with Crippen LogP contribution in [0.15, 0.2) is 53.4 Å². The Morgan fingerprint density at radius 3 is 2.45 bits per heavy atom. The van der Waals surface area contributed by atoms with E-state index in [1.165, 1.54) is 6.07 Å². The van der Waals surface area contributed by atoms with Crippen molar-refractivity contribution in [1.82, 2.24) is 9.21 Å². The van der Waals surface area contributed by atoms with Gasteiger partial charge in [-0.15, -0.1) is 0 Å². The minimum atomic E-state index is -4.03. The standard InChI is InChI=1S/C24H30N2O6S/c1-4-25(14-19-8-6-5-7-9-19)23(28)16-32-24(29)22-13-20(27)15-26(22)33(30,31)21-11-10-17(2)18(3)12-21/h5-12,20,22,27H,4,13-16H2,1-3H3. The molecule has 2 aromatic carbocycles. The Kier molecular flexibility index (Phi) is 7.88. The lowest BCUT2D eigenvalue weighted by atomic mass is 10.1. The number of aliphatic hydroxyl groups excluding tert-OH is 1. The molecule has 0 aromatic heterocycles. The van der Waals surface area contributed by atoms with Crippen LogP contribution in [0.1, 0.15) is 30.0 Å². The van der Waals surface area contributed by atoms with Crippen molar-refractivity contribution in [3.05, 3.63) is 65.2 Å². The third-order valence-corrected chi connectivity index (χ3v) is 7.75. The number of ether oxygens (including phenoxy) is 1. The second kappa shape index (κ2) is 10.5. The number of amides is 1. The maximum absolute atomic E-state index is 13.2. The fourth-order valence-corrected chi connectivity index (χ4v) is 5.49. The lowest BCUT2D eigenvalue weighted by molar-refractivity contribution is -0.155. The highest BCUT2D eigenvalue weighted by Crippen LogP contribution is 2.28. The van der Waals surface area contributed by atoms with Crippen LogP contribution in [0.4, 0.5) is 0 Å². The molecular formula is C24H30N2O6S. The number of carbonyl (C=O) groups is 2. The summed E-state index contributed by atoms with van der Waals surface area (Å²) in [6, 6.07) is 13.0. The molecule has 1 aliphatic heterocycles. The first-order valence-electron chi connectivity index (χ1n) is 10.9. The highest BCUT2D eigenvalue weighted by molar-refractivity contribution is 7.89. The molecular weight excluding hydrogens is 444 g/mol. The van der Waals surface area contributed by atoms with E-state index in [-0.39, 0.29) is 23.8 Å². The maximum Gasteiger partial charge on any atom is 0.325 e. The van der Waals surface area contributed by atoms with Gasteiger partial charge in [-0.05, 0) is 49.6 Å². The topological polar surface area (TPSA) is 104 Å². The number of nitrogens with zero attached hydrogens (tertiary/aromatic N) is 2. The van der Waals surface area contributed by atoms with Crippen LogP contribution < -0.4 is 0 Å². The molecule has 3 rings (SSSR count). The van der Waals surface area contributed by atoms with E-state index in [0.29, 0.717) is 13.1 Å². The molecule has 0 bridgehead atoms. The number of hydrogen-bond acceptors (Lipinski definition) is 6. The van der Waals surface area contributed by atoms with Crippen LogP contribution >= 0.6 is 0 Å². The molecule has 0 spiro atoms. The van der Waals surface area contributed by atoms with Crippen molar-refractivity contribution in [2.75, 3.05) is 19.7 Å². The summed E-state index contributed by atoms with van der Waals surface area (Å²) in [5.41, 5.74) is 2.70. The number of carbonyl (C=O) groups excluding carboxylic acids is 2. The number of likely N-dealkylation sites (N-methyl/N-ethyl adjacent to an activating group) is 1. The van der Waals surface area contributed by atoms with Crippen LogP contribution in [0.2, 0.25) is 0 Å². The van der Waals surface area contributed by atoms with Gasteiger partial charge in [0.1, 0.15) is 6.04 Å². The molecule has 1 heterocycles. The van der Waals surface area contributed by atoms with Gasteiger partial charge in [-0.2, -0.15) is 4.31 Å². The molecule has 0 radical (unpaired) electrons. The summed E-state index contributed by atoms with van der Waals surface area (Å²) in [7, 11) is -4.03. The van der Waals surface area contributed by atoms with Crippen LogP contribution in [0.25, 0.3) is 0 Å². The van der Waals surface area contributed by atoms with E-state index in [2.05, 4.69) is 0 Å². The monoisotopic (exact) mass is 474 g/mol. The molecule has 1 saturated heterocycles. The fraction of sp³-hybridized carbons (Fsp3) is 0.417. The van der Waals surface area contributed by atoms with E-state index in [1.807, 2.05) is 44.2 Å². The number of aryl methyl sites for hydroxylation is 2. The molecule has 1 amide bonds. The maximum atomic E-state index is 13.2. The number of rotatable bonds is 8. The van der Waals surface area contributed by atoms with Crippen LogP contribution in [-0.4, -0.2) is 66.4 Å². The summed E-state index contributed by atoms with van der Waals surface area (Å²) < 4.78 is 32.6. The lowest BCUT2D eigenvalue weighted by Crippen LogP contribution is -2.43. The first-order chi connectivity index (χ1) is 15.6. The number of benzene rings is 2. The molecule has 178 valence electrons. The zero-order valence-corrected chi connectivity index (χ0v) is 19.9. The highest BCUT2D eigenvalue weighted by atomic mass is 32.2. The predicted molar refractivity (Wildman–Crippen MR) is 123 cm³/mol. The quantitative estimate of drug-likeness (QED) is 0.587. The van der Waals surface area contributed by atoms with E-state index < -0.39 is 34.7 Å². The number of aliphatic hydroxyl groups is 1. The van der Waals surface area contributed by atoms with Gasteiger partial charge in [0, 0.05) is 26.1 Å². The Morgan fingerprint density at radius 2 is 1.82 bits per heavy atom. The molecule has 8 nitrogen and oxygen atoms in total. The molecule has 2 aromatic rings. The summed E-state index contributed by atoms with van der Waals surface area (Å²) in [4.78, 5) is 27.0. The number of β-amino-alcohol motifs (C(OH)–C–C–N with tert-alkyl or cyclic N) is 1. The Hall–Kier alpha value is -2.75. The summed E-state index contributed by atoms with van der Waals surface area (Å²) in [5, 5.41) is 10.1. The Balaban J connectivity index is 1.68. The zero-order valence-electron chi connectivity index (χ0n) is 19.1. The molecule has 2 atom stereocenters. The van der Waals surface area contributed by atoms with E-state index in [0.717, 1.165) is 21.0 Å². The van der Waals surface area contributed by atoms with Crippen LogP contribution in [0, 0.1) is 13.8 Å². The van der Waals surface area contributed by atoms with Crippen molar-refractivity contribution in [2.24, 2.45) is 0 Å². The van der Waals surface area contributed by atoms with Gasteiger partial charge in [-0.25, -0.2) is 8.42 Å². The Labute approximate surface area is 194 Å². The minimum absolute atomic E-state index is 0.0496. The van der Waals surface area contributed by atoms with Gasteiger partial charge < -0.3 is 14.7 Å². The van der Waals surface area contributed by atoms with Crippen molar-refractivity contribution in [2.45, 2.75) is 50.8 Å². The molecule has 1 N–H and O–H groups in total. The molecule has 33 heavy (non-hydrogen) atoms. The van der Waals surface area contributed by atoms with Crippen molar-refractivity contribution in [3.63, 3.8) is 0 Å². The second-order valence-electron chi connectivity index (χ2n) is 8.23. The lowest BCUT2D eigenvalue weighted by Gasteiger charge is -2.24. The first kappa shape index (κ1) is 24.9. The van der Waals surface area contributed by atoms with Crippen molar-refractivity contribution in [3.8, 4) is 0 Å². The normalized spacial score (nSPS) is 18.8. The average molecular weight is 475 g/mol. The largest absolute Gasteiger partial charge is 0.454 e. The third kappa shape index (κ3) is 5.79. The van der Waals surface area contributed by atoms with E-state index in [4.69, 9.17) is 4.74 Å². The predicted octanol–water partition coefficient (Wildman–Crippen LogP) is 2.02. The average Bonchev–Trinajstić information content (AvgIpc) is 3.20. The Bertz CT molecular complexity index is 1100. The van der Waals surface area contributed by atoms with Crippen molar-refractivity contribution >= 4 is 21.9 Å². The van der Waals surface area contributed by atoms with Crippen LogP contribution in [-0.2, 0) is 30.9 Å². The molecule has 9 heteroatoms. The molecule has 0 saturated carbocycles. The van der Waals surface area contributed by atoms with Gasteiger partial charge in [-0.3, -0.25) is 9.59 Å². The van der Waals surface area contributed by atoms with Crippen molar-refractivity contribution in [1.29, 1.82) is 0 Å². The summed E-state index contributed by atoms with van der Waals surface area (Å²) in [5.74, 6) is -1.22. The van der Waals surface area contributed by atoms with Crippen LogP contribution in [0.5, 0.6) is 0 Å². The molecule has 1 fully saturated rings. The third-order valence-electron chi connectivity index (χ3n) is 5.88. The van der Waals surface area contributed by atoms with Gasteiger partial charge >= 0.3 is 5.97 Å². The number of esters is 1. The SMILES string of the molecule is CCN(Cc1ccccc1)C(=O)COC(=O)C1CC(O)CN1S(=O)(=O)c1ccc(C)c(C)c1. The summed E-state index contributed by atoms with van der Waals surface area (Å²) in [6.45, 7) is 5.61. The molecule has 1 aliphatic rings. The van der Waals surface area contributed by atoms with Gasteiger partial charge in [0.2, 0.25) is 10.0 Å². The van der Waals surface area contributed by atoms with Gasteiger partial charge in [-0.1, -0.05) is 36.4 Å². The van der Waals surface area contributed by atoms with Crippen molar-refractivity contribution < 1.29 is 27.9 Å². The second-order valence-corrected chi connectivity index (χ2v) is 10.1. The van der Waals surface area contributed by atoms with Gasteiger partial charge in [0.05, 0.1) is 11.0 Å². The van der Waals surface area contributed by atoms with E-state index in [9.17, 15) is 23.1 Å². The summed E-state index contributed by atoms with van der Waals surface area (Å²) in [6.07, 6.45) is -1.08. The number of hydrogen-bond donors (Lipinski definition) is 1.